The highest BCUT2D eigenvalue weighted by molar-refractivity contribution is 14.2. The maximum Gasteiger partial charge on any atom is 0.133 e. The first-order chi connectivity index (χ1) is 9.26. The summed E-state index contributed by atoms with van der Waals surface area (Å²) in [5, 5.41) is 4.32. The molecule has 0 bridgehead atoms. The molecular weight excluding hydrogens is 370 g/mol. The molecule has 0 saturated heterocycles. The Bertz CT molecular complexity index is 611. The van der Waals surface area contributed by atoms with Crippen LogP contribution in [0.2, 0.25) is 0 Å². The molecule has 5 heteroatoms. The van der Waals surface area contributed by atoms with Crippen molar-refractivity contribution >= 4 is 34.2 Å². The van der Waals surface area contributed by atoms with Crippen molar-refractivity contribution in [3.63, 3.8) is 0 Å². The number of hydrogen-bond donors (Lipinski definition) is 0. The molecular formula is C14H14IN2OP. The van der Waals surface area contributed by atoms with Gasteiger partial charge in [0, 0.05) is 24.6 Å². The highest BCUT2D eigenvalue weighted by Crippen LogP contribution is 2.34. The number of hydrogen-bond acceptors (Lipinski definition) is 2. The zero-order valence-corrected chi connectivity index (χ0v) is 13.5. The van der Waals surface area contributed by atoms with Crippen molar-refractivity contribution in [2.75, 3.05) is 0 Å². The number of carbonyl (C=O) groups is 1. The molecule has 3 rings (SSSR count). The lowest BCUT2D eigenvalue weighted by atomic mass is 9.95. The van der Waals surface area contributed by atoms with Gasteiger partial charge >= 0.3 is 0 Å². The summed E-state index contributed by atoms with van der Waals surface area (Å²) in [5.74, 6) is 0.809. The molecule has 1 heterocycles. The summed E-state index contributed by atoms with van der Waals surface area (Å²) < 4.78 is 1.95. The number of nitrogens with zero attached hydrogens (tertiary/aromatic N) is 2. The number of carbonyl (C=O) groups excluding carboxylic acids is 1. The van der Waals surface area contributed by atoms with E-state index in [-0.39, 0.29) is 0 Å². The van der Waals surface area contributed by atoms with E-state index in [1.165, 1.54) is 11.1 Å². The molecule has 3 nitrogen and oxygen atoms in total. The highest BCUT2D eigenvalue weighted by atomic mass is 127. The van der Waals surface area contributed by atoms with Crippen molar-refractivity contribution in [2.24, 2.45) is 0 Å². The van der Waals surface area contributed by atoms with E-state index in [2.05, 4.69) is 57.6 Å². The summed E-state index contributed by atoms with van der Waals surface area (Å²) in [6, 6.07) is 8.53. The lowest BCUT2D eigenvalue weighted by molar-refractivity contribution is -0.117. The van der Waals surface area contributed by atoms with E-state index < -0.39 is 0 Å². The fraction of sp³-hybridized carbons (Fsp3) is 0.286. The first-order valence-corrected chi connectivity index (χ1v) is 10.4. The van der Waals surface area contributed by atoms with Crippen molar-refractivity contribution in [1.82, 2.24) is 9.55 Å². The average Bonchev–Trinajstić information content (AvgIpc) is 3.07. The first kappa shape index (κ1) is 13.3. The first-order valence-electron chi connectivity index (χ1n) is 6.29. The van der Waals surface area contributed by atoms with Crippen molar-refractivity contribution < 1.29 is 4.79 Å². The number of rotatable bonds is 3. The van der Waals surface area contributed by atoms with Gasteiger partial charge in [0.05, 0.1) is 12.6 Å². The number of ketones is 1. The molecule has 1 aromatic carbocycles. The van der Waals surface area contributed by atoms with Crippen LogP contribution in [0.15, 0.2) is 36.7 Å². The predicted molar refractivity (Wildman–Crippen MR) is 87.0 cm³/mol. The molecule has 0 amide bonds. The van der Waals surface area contributed by atoms with E-state index >= 15 is 0 Å². The quantitative estimate of drug-likeness (QED) is 0.588. The van der Waals surface area contributed by atoms with Crippen LogP contribution in [0, 0.1) is 0 Å². The van der Waals surface area contributed by atoms with Gasteiger partial charge in [-0.05, 0) is 45.5 Å². The Balaban J connectivity index is 1.89. The fourth-order valence-corrected chi connectivity index (χ4v) is 3.67. The second-order valence-corrected chi connectivity index (χ2v) is 6.94. The molecule has 2 unspecified atom stereocenters. The predicted octanol–water partition coefficient (Wildman–Crippen LogP) is 4.18. The molecule has 2 aromatic rings. The molecule has 1 fully saturated rings. The van der Waals surface area contributed by atoms with E-state index in [9.17, 15) is 4.79 Å². The molecule has 98 valence electrons. The van der Waals surface area contributed by atoms with Crippen LogP contribution in [0.5, 0.6) is 0 Å². The van der Waals surface area contributed by atoms with Crippen LogP contribution < -0.4 is 0 Å². The van der Waals surface area contributed by atoms with Crippen molar-refractivity contribution in [3.8, 4) is 11.1 Å². The maximum absolute atomic E-state index is 11.4. The minimum atomic E-state index is 0.398. The Kier molecular flexibility index (Phi) is 3.99. The van der Waals surface area contributed by atoms with Gasteiger partial charge in [0.2, 0.25) is 0 Å². The topological polar surface area (TPSA) is 34.9 Å². The molecule has 1 aliphatic carbocycles. The number of aromatic nitrogens is 2. The molecule has 0 radical (unpaired) electrons. The van der Waals surface area contributed by atoms with Crippen LogP contribution >= 0.6 is 28.4 Å². The third kappa shape index (κ3) is 2.90. The normalized spacial score (nSPS) is 19.6. The van der Waals surface area contributed by atoms with Crippen LogP contribution in [-0.2, 0) is 4.79 Å². The van der Waals surface area contributed by atoms with E-state index in [4.69, 9.17) is 0 Å². The largest absolute Gasteiger partial charge is 0.300 e. The number of benzene rings is 1. The van der Waals surface area contributed by atoms with Gasteiger partial charge < -0.3 is 0 Å². The van der Waals surface area contributed by atoms with Gasteiger partial charge in [-0.1, -0.05) is 24.3 Å². The van der Waals surface area contributed by atoms with Gasteiger partial charge in [0.1, 0.15) is 5.78 Å². The Morgan fingerprint density at radius 3 is 2.95 bits per heavy atom. The zero-order chi connectivity index (χ0) is 13.2. The van der Waals surface area contributed by atoms with Gasteiger partial charge in [0.25, 0.3) is 0 Å². The van der Waals surface area contributed by atoms with Gasteiger partial charge in [-0.2, -0.15) is 5.10 Å². The number of Topliss-reactive ketones (excluding diaryl/α,β-unsaturated/α-hetero) is 1. The van der Waals surface area contributed by atoms with Crippen LogP contribution in [0.3, 0.4) is 0 Å². The SMILES string of the molecule is O=C1CCC(c2cccc(-c3cnn(PI)c3)c2)C1. The summed E-state index contributed by atoms with van der Waals surface area (Å²) in [6.45, 7) is 0. The van der Waals surface area contributed by atoms with E-state index in [1.807, 2.05) is 10.6 Å². The highest BCUT2D eigenvalue weighted by Gasteiger charge is 2.23. The molecule has 0 N–H and O–H groups in total. The van der Waals surface area contributed by atoms with E-state index in [0.717, 1.165) is 18.4 Å². The summed E-state index contributed by atoms with van der Waals surface area (Å²) in [4.78, 5) is 11.4. The number of halogens is 1. The third-order valence-corrected chi connectivity index (χ3v) is 5.51. The standard InChI is InChI=1S/C14H14IN2OP/c15-19-17-9-13(8-16-17)11-3-1-2-10(6-11)12-4-5-14(18)7-12/h1-3,6,8-9,12,19H,4-5,7H2. The Hall–Kier alpha value is -0.740. The maximum atomic E-state index is 11.4. The second kappa shape index (κ2) is 5.71. The van der Waals surface area contributed by atoms with Gasteiger partial charge in [-0.25, -0.2) is 4.45 Å². The van der Waals surface area contributed by atoms with Gasteiger partial charge in [-0.3, -0.25) is 4.79 Å². The Morgan fingerprint density at radius 2 is 2.26 bits per heavy atom. The summed E-state index contributed by atoms with van der Waals surface area (Å²) in [5.41, 5.74) is 3.63. The van der Waals surface area contributed by atoms with Gasteiger partial charge in [-0.15, -0.1) is 0 Å². The zero-order valence-electron chi connectivity index (χ0n) is 10.3. The minimum Gasteiger partial charge on any atom is -0.300 e. The summed E-state index contributed by atoms with van der Waals surface area (Å²) in [7, 11) is 0. The molecule has 1 saturated carbocycles. The molecule has 0 aliphatic heterocycles. The lowest BCUT2D eigenvalue weighted by Crippen LogP contribution is -1.94. The van der Waals surface area contributed by atoms with Crippen molar-refractivity contribution in [3.05, 3.63) is 42.2 Å². The fourth-order valence-electron chi connectivity index (χ4n) is 2.59. The van der Waals surface area contributed by atoms with Crippen LogP contribution in [0.4, 0.5) is 0 Å². The molecule has 19 heavy (non-hydrogen) atoms. The van der Waals surface area contributed by atoms with E-state index in [1.54, 1.807) is 0 Å². The minimum absolute atomic E-state index is 0.398. The molecule has 1 aliphatic rings. The van der Waals surface area contributed by atoms with E-state index in [0.29, 0.717) is 24.5 Å². The Morgan fingerprint density at radius 1 is 1.37 bits per heavy atom. The van der Waals surface area contributed by atoms with Gasteiger partial charge in [0.15, 0.2) is 0 Å². The Labute approximate surface area is 127 Å². The van der Waals surface area contributed by atoms with Crippen LogP contribution in [0.1, 0.15) is 30.7 Å². The second-order valence-electron chi connectivity index (χ2n) is 4.86. The van der Waals surface area contributed by atoms with Crippen LogP contribution in [-0.4, -0.2) is 15.3 Å². The summed E-state index contributed by atoms with van der Waals surface area (Å²) >= 11 is 2.32. The molecule has 1 aromatic heterocycles. The molecule has 2 atom stereocenters. The lowest BCUT2D eigenvalue weighted by Gasteiger charge is -2.09. The van der Waals surface area contributed by atoms with Crippen molar-refractivity contribution in [2.45, 2.75) is 25.2 Å². The third-order valence-electron chi connectivity index (χ3n) is 3.61. The average molecular weight is 384 g/mol. The van der Waals surface area contributed by atoms with Crippen LogP contribution in [0.25, 0.3) is 11.1 Å². The van der Waals surface area contributed by atoms with Crippen molar-refractivity contribution in [1.29, 1.82) is 0 Å². The molecule has 0 spiro atoms. The monoisotopic (exact) mass is 384 g/mol. The summed E-state index contributed by atoms with van der Waals surface area (Å²) in [6.07, 6.45) is 7.05. The smallest absolute Gasteiger partial charge is 0.133 e.